The molecule has 0 heterocycles. The van der Waals surface area contributed by atoms with Gasteiger partial charge in [0.2, 0.25) is 0 Å². The van der Waals surface area contributed by atoms with Crippen molar-refractivity contribution in [3.8, 4) is 17.2 Å². The standard InChI is InChI=1S/C16H18FNO3/c1-20-15-6-3-11(7-16(15)21-2)9-18-10-12-8-13(17)4-5-14(12)19/h3-8,18-19H,9-10H2,1-2H3. The molecular weight excluding hydrogens is 273 g/mol. The smallest absolute Gasteiger partial charge is 0.161 e. The molecule has 0 aliphatic carbocycles. The normalized spacial score (nSPS) is 10.4. The summed E-state index contributed by atoms with van der Waals surface area (Å²) in [7, 11) is 3.17. The Morgan fingerprint density at radius 1 is 1.00 bits per heavy atom. The number of rotatable bonds is 6. The third-order valence-electron chi connectivity index (χ3n) is 3.13. The van der Waals surface area contributed by atoms with E-state index in [-0.39, 0.29) is 11.6 Å². The van der Waals surface area contributed by atoms with Gasteiger partial charge in [-0.25, -0.2) is 4.39 Å². The molecule has 2 aromatic carbocycles. The van der Waals surface area contributed by atoms with Crippen molar-refractivity contribution < 1.29 is 19.0 Å². The second kappa shape index (κ2) is 6.95. The summed E-state index contributed by atoms with van der Waals surface area (Å²) < 4.78 is 23.5. The lowest BCUT2D eigenvalue weighted by molar-refractivity contribution is 0.354. The lowest BCUT2D eigenvalue weighted by Crippen LogP contribution is -2.13. The number of nitrogens with one attached hydrogen (secondary N) is 1. The molecule has 2 rings (SSSR count). The monoisotopic (exact) mass is 291 g/mol. The maximum Gasteiger partial charge on any atom is 0.161 e. The van der Waals surface area contributed by atoms with Crippen molar-refractivity contribution in [1.29, 1.82) is 0 Å². The quantitative estimate of drug-likeness (QED) is 0.859. The molecule has 0 aliphatic heterocycles. The number of hydrogen-bond donors (Lipinski definition) is 2. The molecular formula is C16H18FNO3. The molecule has 21 heavy (non-hydrogen) atoms. The Labute approximate surface area is 123 Å². The number of benzene rings is 2. The molecule has 0 amide bonds. The predicted octanol–water partition coefficient (Wildman–Crippen LogP) is 2.84. The summed E-state index contributed by atoms with van der Waals surface area (Å²) >= 11 is 0. The van der Waals surface area contributed by atoms with Crippen LogP contribution in [0.25, 0.3) is 0 Å². The fraction of sp³-hybridized carbons (Fsp3) is 0.250. The van der Waals surface area contributed by atoms with Crippen LogP contribution < -0.4 is 14.8 Å². The van der Waals surface area contributed by atoms with Crippen LogP contribution in [-0.4, -0.2) is 19.3 Å². The highest BCUT2D eigenvalue weighted by atomic mass is 19.1. The minimum Gasteiger partial charge on any atom is -0.508 e. The summed E-state index contributed by atoms with van der Waals surface area (Å²) in [6.45, 7) is 0.939. The van der Waals surface area contributed by atoms with Crippen molar-refractivity contribution in [3.05, 3.63) is 53.3 Å². The van der Waals surface area contributed by atoms with Crippen molar-refractivity contribution in [2.24, 2.45) is 0 Å². The van der Waals surface area contributed by atoms with E-state index in [1.54, 1.807) is 14.2 Å². The van der Waals surface area contributed by atoms with E-state index in [1.807, 2.05) is 18.2 Å². The maximum absolute atomic E-state index is 13.1. The minimum atomic E-state index is -0.365. The summed E-state index contributed by atoms with van der Waals surface area (Å²) in [6, 6.07) is 9.51. The van der Waals surface area contributed by atoms with Crippen molar-refractivity contribution >= 4 is 0 Å². The summed E-state index contributed by atoms with van der Waals surface area (Å²) in [4.78, 5) is 0. The van der Waals surface area contributed by atoms with Gasteiger partial charge in [-0.3, -0.25) is 0 Å². The Morgan fingerprint density at radius 3 is 2.48 bits per heavy atom. The van der Waals surface area contributed by atoms with Gasteiger partial charge in [-0.1, -0.05) is 6.07 Å². The van der Waals surface area contributed by atoms with Gasteiger partial charge in [0.05, 0.1) is 14.2 Å². The lowest BCUT2D eigenvalue weighted by Gasteiger charge is -2.11. The van der Waals surface area contributed by atoms with Crippen LogP contribution in [0.1, 0.15) is 11.1 Å². The molecule has 0 saturated carbocycles. The lowest BCUT2D eigenvalue weighted by atomic mass is 10.1. The number of phenolic OH excluding ortho intramolecular Hbond substituents is 1. The highest BCUT2D eigenvalue weighted by molar-refractivity contribution is 5.42. The van der Waals surface area contributed by atoms with E-state index < -0.39 is 0 Å². The first kappa shape index (κ1) is 15.1. The molecule has 0 saturated heterocycles. The first-order chi connectivity index (χ1) is 10.1. The number of methoxy groups -OCH3 is 2. The second-order valence-corrected chi connectivity index (χ2v) is 4.57. The van der Waals surface area contributed by atoms with Crippen LogP contribution in [0.2, 0.25) is 0 Å². The van der Waals surface area contributed by atoms with Crippen LogP contribution in [0.5, 0.6) is 17.2 Å². The van der Waals surface area contributed by atoms with Gasteiger partial charge in [0.25, 0.3) is 0 Å². The molecule has 0 fully saturated rings. The van der Waals surface area contributed by atoms with E-state index >= 15 is 0 Å². The number of ether oxygens (including phenoxy) is 2. The Bertz CT molecular complexity index is 616. The van der Waals surface area contributed by atoms with Gasteiger partial charge in [0.15, 0.2) is 11.5 Å². The van der Waals surface area contributed by atoms with Crippen LogP contribution in [0.3, 0.4) is 0 Å². The van der Waals surface area contributed by atoms with Gasteiger partial charge < -0.3 is 19.9 Å². The minimum absolute atomic E-state index is 0.0798. The van der Waals surface area contributed by atoms with E-state index in [4.69, 9.17) is 9.47 Å². The molecule has 0 bridgehead atoms. The highest BCUT2D eigenvalue weighted by Gasteiger charge is 2.06. The largest absolute Gasteiger partial charge is 0.508 e. The van der Waals surface area contributed by atoms with Gasteiger partial charge in [-0.2, -0.15) is 0 Å². The van der Waals surface area contributed by atoms with E-state index in [9.17, 15) is 9.50 Å². The number of aromatic hydroxyl groups is 1. The van der Waals surface area contributed by atoms with Crippen molar-refractivity contribution in [3.63, 3.8) is 0 Å². The average molecular weight is 291 g/mol. The van der Waals surface area contributed by atoms with Crippen molar-refractivity contribution in [2.45, 2.75) is 13.1 Å². The Morgan fingerprint density at radius 2 is 1.76 bits per heavy atom. The molecule has 5 heteroatoms. The number of halogens is 1. The van der Waals surface area contributed by atoms with E-state index in [2.05, 4.69) is 5.32 Å². The number of phenols is 1. The zero-order chi connectivity index (χ0) is 15.2. The van der Waals surface area contributed by atoms with Crippen molar-refractivity contribution in [1.82, 2.24) is 5.32 Å². The fourth-order valence-corrected chi connectivity index (χ4v) is 2.03. The molecule has 2 aromatic rings. The predicted molar refractivity (Wildman–Crippen MR) is 78.2 cm³/mol. The van der Waals surface area contributed by atoms with Crippen LogP contribution in [0, 0.1) is 5.82 Å². The van der Waals surface area contributed by atoms with E-state index in [1.165, 1.54) is 18.2 Å². The summed E-state index contributed by atoms with van der Waals surface area (Å²) in [5.41, 5.74) is 1.53. The first-order valence-electron chi connectivity index (χ1n) is 6.53. The van der Waals surface area contributed by atoms with E-state index in [0.717, 1.165) is 5.56 Å². The Hall–Kier alpha value is -2.27. The fourth-order valence-electron chi connectivity index (χ4n) is 2.03. The third kappa shape index (κ3) is 3.86. The number of hydrogen-bond acceptors (Lipinski definition) is 4. The maximum atomic E-state index is 13.1. The van der Waals surface area contributed by atoms with Gasteiger partial charge in [0, 0.05) is 18.7 Å². The molecule has 0 aliphatic rings. The third-order valence-corrected chi connectivity index (χ3v) is 3.13. The summed E-state index contributed by atoms with van der Waals surface area (Å²) in [5, 5.41) is 12.8. The van der Waals surface area contributed by atoms with Crippen molar-refractivity contribution in [2.75, 3.05) is 14.2 Å². The first-order valence-corrected chi connectivity index (χ1v) is 6.53. The molecule has 0 spiro atoms. The second-order valence-electron chi connectivity index (χ2n) is 4.57. The van der Waals surface area contributed by atoms with Crippen LogP contribution in [0.15, 0.2) is 36.4 Å². The van der Waals surface area contributed by atoms with Gasteiger partial charge in [0.1, 0.15) is 11.6 Å². The molecule has 0 unspecified atom stereocenters. The molecule has 2 N–H and O–H groups in total. The Balaban J connectivity index is 1.98. The molecule has 0 atom stereocenters. The summed E-state index contributed by atoms with van der Waals surface area (Å²) in [6.07, 6.45) is 0. The van der Waals surface area contributed by atoms with Gasteiger partial charge in [-0.15, -0.1) is 0 Å². The topological polar surface area (TPSA) is 50.7 Å². The Kier molecular flexibility index (Phi) is 5.00. The zero-order valence-corrected chi connectivity index (χ0v) is 12.0. The molecule has 0 radical (unpaired) electrons. The highest BCUT2D eigenvalue weighted by Crippen LogP contribution is 2.27. The molecule has 112 valence electrons. The average Bonchev–Trinajstić information content (AvgIpc) is 2.50. The summed E-state index contributed by atoms with van der Waals surface area (Å²) in [5.74, 6) is 1.04. The van der Waals surface area contributed by atoms with E-state index in [0.29, 0.717) is 30.2 Å². The van der Waals surface area contributed by atoms with Gasteiger partial charge in [-0.05, 0) is 35.9 Å². The van der Waals surface area contributed by atoms with Crippen LogP contribution in [-0.2, 0) is 13.1 Å². The van der Waals surface area contributed by atoms with Gasteiger partial charge >= 0.3 is 0 Å². The molecule has 4 nitrogen and oxygen atoms in total. The molecule has 0 aromatic heterocycles. The zero-order valence-electron chi connectivity index (χ0n) is 12.0. The van der Waals surface area contributed by atoms with Crippen LogP contribution >= 0.6 is 0 Å². The van der Waals surface area contributed by atoms with Crippen LogP contribution in [0.4, 0.5) is 4.39 Å². The SMILES string of the molecule is COc1ccc(CNCc2cc(F)ccc2O)cc1OC.